The zero-order valence-corrected chi connectivity index (χ0v) is 36.7. The Labute approximate surface area is 362 Å². The van der Waals surface area contributed by atoms with Crippen molar-refractivity contribution in [1.29, 1.82) is 5.26 Å². The SMILES string of the molecule is CC(C)(C)OC(=O)Nc1sc2c(F)ccc(-c3ccc4c(N5C[C@@H]6CC[C@](COC7CC7)(C5)N6C(=O)OC(C)(C)C)nc(OC[C@@]56CCCN5C[C@H](F)C6)nc4c3F)c2c1C#N. The molecule has 2 amide bonds. The number of hydrogen-bond acceptors (Lipinski definition) is 12. The van der Waals surface area contributed by atoms with Gasteiger partial charge in [0.25, 0.3) is 0 Å². The van der Waals surface area contributed by atoms with Crippen LogP contribution in [0.15, 0.2) is 24.3 Å². The topological polar surface area (TPSA) is 142 Å². The number of fused-ring (bicyclic) bond motifs is 5. The molecule has 330 valence electrons. The third-order valence-corrected chi connectivity index (χ3v) is 13.7. The molecule has 5 fully saturated rings. The Morgan fingerprint density at radius 2 is 1.73 bits per heavy atom. The summed E-state index contributed by atoms with van der Waals surface area (Å²) < 4.78 is 72.0. The number of thiophene rings is 1. The summed E-state index contributed by atoms with van der Waals surface area (Å²) in [5.41, 5.74) is -2.69. The standard InChI is InChI=1S/C45H52F3N7O6S/c1-42(2,3)60-40(56)52-38-31(19-49)33-28(12-13-32(47)36(33)62-38)29-10-11-30-35(34(29)48)50-39(59-23-44-15-7-17-54(44)20-25(46)18-44)51-37(30)53-21-26-14-16-45(22-53,24-58-27-8-9-27)55(26)41(57)61-43(4,5)6/h10-13,25-27H,7-9,14-18,20-24H2,1-6H3,(H,52,56)/t25-,26+,44+,45-/m1/s1. The molecule has 1 N–H and O–H groups in total. The Morgan fingerprint density at radius 3 is 2.45 bits per heavy atom. The maximum atomic E-state index is 17.6. The van der Waals surface area contributed by atoms with Crippen molar-refractivity contribution in [3.8, 4) is 23.2 Å². The highest BCUT2D eigenvalue weighted by Crippen LogP contribution is 2.47. The van der Waals surface area contributed by atoms with Gasteiger partial charge in [-0.3, -0.25) is 15.1 Å². The minimum atomic E-state index is -0.986. The summed E-state index contributed by atoms with van der Waals surface area (Å²) in [6.07, 6.45) is 3.17. The van der Waals surface area contributed by atoms with E-state index in [1.165, 1.54) is 12.1 Å². The zero-order valence-electron chi connectivity index (χ0n) is 35.9. The predicted octanol–water partition coefficient (Wildman–Crippen LogP) is 9.10. The first-order chi connectivity index (χ1) is 29.4. The van der Waals surface area contributed by atoms with Crippen LogP contribution in [0.3, 0.4) is 0 Å². The van der Waals surface area contributed by atoms with Crippen molar-refractivity contribution in [1.82, 2.24) is 19.8 Å². The summed E-state index contributed by atoms with van der Waals surface area (Å²) in [5, 5.41) is 13.5. The summed E-state index contributed by atoms with van der Waals surface area (Å²) in [4.78, 5) is 42.3. The maximum absolute atomic E-state index is 17.6. The molecule has 5 aliphatic rings. The molecular formula is C45H52F3N7O6S. The quantitative estimate of drug-likeness (QED) is 0.172. The van der Waals surface area contributed by atoms with Gasteiger partial charge in [0.1, 0.15) is 52.2 Å². The van der Waals surface area contributed by atoms with Gasteiger partial charge in [-0.25, -0.2) is 22.8 Å². The van der Waals surface area contributed by atoms with E-state index in [1.807, 2.05) is 25.7 Å². The number of nitrogens with zero attached hydrogens (tertiary/aromatic N) is 6. The van der Waals surface area contributed by atoms with Gasteiger partial charge in [0.05, 0.1) is 40.1 Å². The summed E-state index contributed by atoms with van der Waals surface area (Å²) in [6.45, 7) is 12.8. The highest BCUT2D eigenvalue weighted by Gasteiger charge is 2.56. The number of benzene rings is 2. The lowest BCUT2D eigenvalue weighted by atomic mass is 9.95. The Hall–Kier alpha value is -4.92. The highest BCUT2D eigenvalue weighted by molar-refractivity contribution is 7.23. The predicted molar refractivity (Wildman–Crippen MR) is 228 cm³/mol. The van der Waals surface area contributed by atoms with Crippen LogP contribution in [0.4, 0.5) is 33.6 Å². The molecule has 2 aromatic carbocycles. The number of hydrogen-bond donors (Lipinski definition) is 1. The third kappa shape index (κ3) is 7.87. The van der Waals surface area contributed by atoms with Crippen molar-refractivity contribution in [2.75, 3.05) is 49.6 Å². The van der Waals surface area contributed by atoms with Gasteiger partial charge in [0.2, 0.25) is 0 Å². The van der Waals surface area contributed by atoms with E-state index in [-0.39, 0.29) is 62.1 Å². The molecule has 0 radical (unpaired) electrons. The van der Waals surface area contributed by atoms with Crippen LogP contribution >= 0.6 is 11.3 Å². The lowest BCUT2D eigenvalue weighted by molar-refractivity contribution is -0.0366. The van der Waals surface area contributed by atoms with Crippen molar-refractivity contribution >= 4 is 55.3 Å². The van der Waals surface area contributed by atoms with Gasteiger partial charge in [0.15, 0.2) is 5.82 Å². The maximum Gasteiger partial charge on any atom is 0.412 e. The number of amides is 2. The normalized spacial score (nSPS) is 25.0. The smallest absolute Gasteiger partial charge is 0.412 e. The minimum Gasteiger partial charge on any atom is -0.461 e. The van der Waals surface area contributed by atoms with Crippen LogP contribution in [0.1, 0.15) is 92.1 Å². The van der Waals surface area contributed by atoms with E-state index in [0.29, 0.717) is 56.7 Å². The molecule has 4 aromatic rings. The molecule has 0 spiro atoms. The van der Waals surface area contributed by atoms with Gasteiger partial charge in [0, 0.05) is 42.4 Å². The van der Waals surface area contributed by atoms with Crippen LogP contribution in [-0.4, -0.2) is 112 Å². The molecule has 2 bridgehead atoms. The van der Waals surface area contributed by atoms with Crippen molar-refractivity contribution in [3.63, 3.8) is 0 Å². The average Bonchev–Trinajstić information content (AvgIpc) is 3.62. The van der Waals surface area contributed by atoms with E-state index >= 15 is 8.78 Å². The number of anilines is 2. The first kappa shape index (κ1) is 42.4. The van der Waals surface area contributed by atoms with E-state index in [9.17, 15) is 19.2 Å². The van der Waals surface area contributed by atoms with Gasteiger partial charge < -0.3 is 23.8 Å². The van der Waals surface area contributed by atoms with Gasteiger partial charge in [-0.2, -0.15) is 15.2 Å². The van der Waals surface area contributed by atoms with Crippen LogP contribution < -0.4 is 15.0 Å². The fraction of sp³-hybridized carbons (Fsp3) is 0.578. The van der Waals surface area contributed by atoms with E-state index in [1.54, 1.807) is 32.9 Å². The van der Waals surface area contributed by atoms with Crippen LogP contribution in [0, 0.1) is 23.0 Å². The van der Waals surface area contributed by atoms with E-state index in [0.717, 1.165) is 43.6 Å². The largest absolute Gasteiger partial charge is 0.461 e. The summed E-state index contributed by atoms with van der Waals surface area (Å²) in [5.74, 6) is -1.00. The molecule has 0 unspecified atom stereocenters. The zero-order chi connectivity index (χ0) is 43.9. The molecule has 2 aromatic heterocycles. The fourth-order valence-electron chi connectivity index (χ4n) is 9.86. The van der Waals surface area contributed by atoms with E-state index in [4.69, 9.17) is 23.9 Å². The number of carbonyl (C=O) groups excluding carboxylic acids is 2. The molecule has 62 heavy (non-hydrogen) atoms. The Balaban J connectivity index is 1.15. The second-order valence-electron chi connectivity index (χ2n) is 19.5. The Kier molecular flexibility index (Phi) is 10.5. The van der Waals surface area contributed by atoms with Gasteiger partial charge >= 0.3 is 18.2 Å². The van der Waals surface area contributed by atoms with Crippen LogP contribution in [-0.2, 0) is 14.2 Å². The van der Waals surface area contributed by atoms with Gasteiger partial charge in [-0.1, -0.05) is 12.1 Å². The number of carbonyl (C=O) groups is 2. The molecule has 6 heterocycles. The van der Waals surface area contributed by atoms with Gasteiger partial charge in [-0.15, -0.1) is 11.3 Å². The molecule has 13 nitrogen and oxygen atoms in total. The molecule has 1 aliphatic carbocycles. The lowest BCUT2D eigenvalue weighted by Gasteiger charge is -2.49. The highest BCUT2D eigenvalue weighted by atomic mass is 32.1. The van der Waals surface area contributed by atoms with Gasteiger partial charge in [-0.05, 0) is 104 Å². The number of nitrogens with one attached hydrogen (secondary N) is 1. The minimum absolute atomic E-state index is 0.0389. The average molecular weight is 876 g/mol. The van der Waals surface area contributed by atoms with Crippen molar-refractivity contribution in [2.24, 2.45) is 0 Å². The number of halogens is 3. The third-order valence-electron chi connectivity index (χ3n) is 12.5. The molecule has 1 saturated carbocycles. The second kappa shape index (κ2) is 15.4. The molecule has 9 rings (SSSR count). The summed E-state index contributed by atoms with van der Waals surface area (Å²) >= 11 is 0.855. The fourth-order valence-corrected chi connectivity index (χ4v) is 10.9. The van der Waals surface area contributed by atoms with Crippen molar-refractivity contribution in [2.45, 2.75) is 127 Å². The molecular weight excluding hydrogens is 824 g/mol. The summed E-state index contributed by atoms with van der Waals surface area (Å²) in [6, 6.07) is 7.62. The first-order valence-electron chi connectivity index (χ1n) is 21.4. The molecule has 17 heteroatoms. The lowest BCUT2D eigenvalue weighted by Crippen LogP contribution is -2.66. The Bertz CT molecular complexity index is 2500. The number of aromatic nitrogens is 2. The number of nitriles is 1. The van der Waals surface area contributed by atoms with Crippen LogP contribution in [0.25, 0.3) is 32.1 Å². The number of piperazine rings is 1. The first-order valence-corrected chi connectivity index (χ1v) is 22.2. The summed E-state index contributed by atoms with van der Waals surface area (Å²) in [7, 11) is 0. The van der Waals surface area contributed by atoms with Crippen molar-refractivity contribution in [3.05, 3.63) is 41.5 Å². The molecule has 4 saturated heterocycles. The monoisotopic (exact) mass is 875 g/mol. The van der Waals surface area contributed by atoms with Crippen LogP contribution in [0.5, 0.6) is 6.01 Å². The van der Waals surface area contributed by atoms with E-state index < -0.39 is 52.3 Å². The van der Waals surface area contributed by atoms with Crippen molar-refractivity contribution < 1.29 is 41.7 Å². The Morgan fingerprint density at radius 1 is 0.968 bits per heavy atom. The number of ether oxygens (including phenoxy) is 4. The number of alkyl halides is 1. The second-order valence-corrected chi connectivity index (χ2v) is 20.5. The molecule has 4 aliphatic heterocycles. The van der Waals surface area contributed by atoms with E-state index in [2.05, 4.69) is 26.2 Å². The molecule has 4 atom stereocenters. The van der Waals surface area contributed by atoms with Crippen LogP contribution in [0.2, 0.25) is 0 Å². The number of rotatable bonds is 9.